The average molecular weight is 356 g/mol. The number of imidazole rings is 1. The number of aromatic nitrogens is 2. The van der Waals surface area contributed by atoms with E-state index in [0.29, 0.717) is 18.9 Å². The molecule has 0 spiro atoms. The lowest BCUT2D eigenvalue weighted by atomic mass is 10.0. The third-order valence-electron chi connectivity index (χ3n) is 4.93. The molecule has 1 unspecified atom stereocenters. The number of aryl methyl sites for hydroxylation is 1. The number of amides is 2. The standard InChI is InChI=1S/C20H28N4O2/c1-3-9-18(25)23-14-8-7-12-17(23)19(26)22-20-21-15-10-5-6-11-16(15)24(20)13-4-2/h5-6,10-11,17H,3-4,7-9,12-14H2,1-2H3,(H,21,22,26). The van der Waals surface area contributed by atoms with Crippen molar-refractivity contribution in [1.29, 1.82) is 0 Å². The summed E-state index contributed by atoms with van der Waals surface area (Å²) < 4.78 is 2.05. The first-order chi connectivity index (χ1) is 12.7. The Morgan fingerprint density at radius 1 is 1.19 bits per heavy atom. The molecule has 1 aliphatic heterocycles. The van der Waals surface area contributed by atoms with Crippen molar-refractivity contribution >= 4 is 28.8 Å². The molecule has 1 N–H and O–H groups in total. The number of para-hydroxylation sites is 2. The van der Waals surface area contributed by atoms with Crippen molar-refractivity contribution in [2.24, 2.45) is 0 Å². The van der Waals surface area contributed by atoms with Gasteiger partial charge >= 0.3 is 0 Å². The molecule has 0 bridgehead atoms. The van der Waals surface area contributed by atoms with Crippen LogP contribution in [-0.4, -0.2) is 38.9 Å². The topological polar surface area (TPSA) is 67.2 Å². The SMILES string of the molecule is CCCC(=O)N1CCCCC1C(=O)Nc1nc2ccccc2n1CCC. The number of carbonyl (C=O) groups excluding carboxylic acids is 2. The zero-order valence-electron chi connectivity index (χ0n) is 15.7. The zero-order chi connectivity index (χ0) is 18.5. The minimum Gasteiger partial charge on any atom is -0.331 e. The van der Waals surface area contributed by atoms with E-state index in [1.165, 1.54) is 0 Å². The summed E-state index contributed by atoms with van der Waals surface area (Å²) in [5.41, 5.74) is 1.89. The van der Waals surface area contributed by atoms with Gasteiger partial charge in [0.2, 0.25) is 17.8 Å². The molecule has 1 aliphatic rings. The molecule has 2 amide bonds. The number of hydrogen-bond donors (Lipinski definition) is 1. The number of likely N-dealkylation sites (tertiary alicyclic amines) is 1. The van der Waals surface area contributed by atoms with Gasteiger partial charge in [0, 0.05) is 19.5 Å². The normalized spacial score (nSPS) is 17.5. The van der Waals surface area contributed by atoms with Gasteiger partial charge in [-0.25, -0.2) is 4.98 Å². The van der Waals surface area contributed by atoms with Crippen molar-refractivity contribution in [3.63, 3.8) is 0 Å². The van der Waals surface area contributed by atoms with Gasteiger partial charge in [-0.2, -0.15) is 0 Å². The van der Waals surface area contributed by atoms with Crippen LogP contribution < -0.4 is 5.32 Å². The second-order valence-electron chi connectivity index (χ2n) is 6.91. The number of piperidine rings is 1. The fraction of sp³-hybridized carbons (Fsp3) is 0.550. The van der Waals surface area contributed by atoms with Gasteiger partial charge < -0.3 is 9.47 Å². The Bertz CT molecular complexity index is 783. The van der Waals surface area contributed by atoms with Crippen molar-refractivity contribution < 1.29 is 9.59 Å². The lowest BCUT2D eigenvalue weighted by Crippen LogP contribution is -2.50. The maximum atomic E-state index is 13.0. The molecule has 0 radical (unpaired) electrons. The number of nitrogens with zero attached hydrogens (tertiary/aromatic N) is 3. The van der Waals surface area contributed by atoms with E-state index in [0.717, 1.165) is 49.7 Å². The van der Waals surface area contributed by atoms with E-state index in [-0.39, 0.29) is 11.8 Å². The van der Waals surface area contributed by atoms with Gasteiger partial charge in [0.25, 0.3) is 0 Å². The van der Waals surface area contributed by atoms with E-state index < -0.39 is 6.04 Å². The third kappa shape index (κ3) is 3.74. The molecule has 0 aliphatic carbocycles. The Balaban J connectivity index is 1.83. The third-order valence-corrected chi connectivity index (χ3v) is 4.93. The highest BCUT2D eigenvalue weighted by Crippen LogP contribution is 2.23. The fourth-order valence-corrected chi connectivity index (χ4v) is 3.67. The van der Waals surface area contributed by atoms with Crippen molar-refractivity contribution in [2.45, 2.75) is 65.0 Å². The summed E-state index contributed by atoms with van der Waals surface area (Å²) in [4.78, 5) is 31.7. The number of hydrogen-bond acceptors (Lipinski definition) is 3. The average Bonchev–Trinajstić information content (AvgIpc) is 2.99. The summed E-state index contributed by atoms with van der Waals surface area (Å²) in [6.45, 7) is 5.55. The summed E-state index contributed by atoms with van der Waals surface area (Å²) in [6, 6.07) is 7.51. The van der Waals surface area contributed by atoms with Gasteiger partial charge in [-0.3, -0.25) is 14.9 Å². The minimum absolute atomic E-state index is 0.0782. The fourth-order valence-electron chi connectivity index (χ4n) is 3.67. The van der Waals surface area contributed by atoms with Crippen LogP contribution in [0.15, 0.2) is 24.3 Å². The van der Waals surface area contributed by atoms with Gasteiger partial charge in [0.15, 0.2) is 0 Å². The predicted octanol–water partition coefficient (Wildman–Crippen LogP) is 3.57. The largest absolute Gasteiger partial charge is 0.331 e. The highest BCUT2D eigenvalue weighted by molar-refractivity contribution is 5.97. The predicted molar refractivity (Wildman–Crippen MR) is 103 cm³/mol. The summed E-state index contributed by atoms with van der Waals surface area (Å²) in [7, 11) is 0. The Labute approximate surface area is 154 Å². The summed E-state index contributed by atoms with van der Waals surface area (Å²) in [5.74, 6) is 0.530. The minimum atomic E-state index is -0.391. The van der Waals surface area contributed by atoms with Crippen LogP contribution in [0.1, 0.15) is 52.4 Å². The lowest BCUT2D eigenvalue weighted by Gasteiger charge is -2.34. The second-order valence-corrected chi connectivity index (χ2v) is 6.91. The molecular formula is C20H28N4O2. The number of fused-ring (bicyclic) bond motifs is 1. The van der Waals surface area contributed by atoms with E-state index in [9.17, 15) is 9.59 Å². The first-order valence-electron chi connectivity index (χ1n) is 9.71. The monoisotopic (exact) mass is 356 g/mol. The molecule has 1 saturated heterocycles. The molecule has 26 heavy (non-hydrogen) atoms. The maximum Gasteiger partial charge on any atom is 0.249 e. The van der Waals surface area contributed by atoms with E-state index >= 15 is 0 Å². The molecule has 6 heteroatoms. The van der Waals surface area contributed by atoms with Crippen LogP contribution in [0.25, 0.3) is 11.0 Å². The first-order valence-corrected chi connectivity index (χ1v) is 9.71. The Hall–Kier alpha value is -2.37. The van der Waals surface area contributed by atoms with Crippen molar-refractivity contribution in [3.8, 4) is 0 Å². The van der Waals surface area contributed by atoms with Crippen LogP contribution in [0.5, 0.6) is 0 Å². The Morgan fingerprint density at radius 3 is 2.77 bits per heavy atom. The zero-order valence-corrected chi connectivity index (χ0v) is 15.7. The maximum absolute atomic E-state index is 13.0. The number of anilines is 1. The second kappa shape index (κ2) is 8.34. The molecule has 2 aromatic rings. The number of benzene rings is 1. The van der Waals surface area contributed by atoms with Crippen LogP contribution in [0.3, 0.4) is 0 Å². The Morgan fingerprint density at radius 2 is 2.00 bits per heavy atom. The quantitative estimate of drug-likeness (QED) is 0.860. The molecule has 6 nitrogen and oxygen atoms in total. The number of nitrogens with one attached hydrogen (secondary N) is 1. The molecule has 140 valence electrons. The van der Waals surface area contributed by atoms with Crippen LogP contribution in [0.4, 0.5) is 5.95 Å². The van der Waals surface area contributed by atoms with Gasteiger partial charge in [-0.1, -0.05) is 26.0 Å². The molecule has 3 rings (SSSR count). The molecule has 1 fully saturated rings. The van der Waals surface area contributed by atoms with Crippen LogP contribution in [-0.2, 0) is 16.1 Å². The lowest BCUT2D eigenvalue weighted by molar-refractivity contribution is -0.140. The van der Waals surface area contributed by atoms with E-state index in [4.69, 9.17) is 0 Å². The van der Waals surface area contributed by atoms with E-state index in [1.807, 2.05) is 35.8 Å². The summed E-state index contributed by atoms with van der Waals surface area (Å²) >= 11 is 0. The molecule has 1 aromatic heterocycles. The van der Waals surface area contributed by atoms with Crippen molar-refractivity contribution in [2.75, 3.05) is 11.9 Å². The van der Waals surface area contributed by atoms with E-state index in [2.05, 4.69) is 17.2 Å². The molecule has 0 saturated carbocycles. The van der Waals surface area contributed by atoms with Gasteiger partial charge in [-0.05, 0) is 44.2 Å². The summed E-state index contributed by atoms with van der Waals surface area (Å²) in [6.07, 6.45) is 4.91. The highest BCUT2D eigenvalue weighted by Gasteiger charge is 2.32. The smallest absolute Gasteiger partial charge is 0.249 e. The van der Waals surface area contributed by atoms with Gasteiger partial charge in [0.05, 0.1) is 11.0 Å². The molecule has 1 atom stereocenters. The highest BCUT2D eigenvalue weighted by atomic mass is 16.2. The number of rotatable bonds is 6. The molecule has 2 heterocycles. The summed E-state index contributed by atoms with van der Waals surface area (Å²) in [5, 5.41) is 3.00. The van der Waals surface area contributed by atoms with Crippen molar-refractivity contribution in [1.82, 2.24) is 14.5 Å². The van der Waals surface area contributed by atoms with Gasteiger partial charge in [-0.15, -0.1) is 0 Å². The van der Waals surface area contributed by atoms with Crippen LogP contribution in [0.2, 0.25) is 0 Å². The first kappa shape index (κ1) is 18.4. The van der Waals surface area contributed by atoms with Crippen LogP contribution >= 0.6 is 0 Å². The van der Waals surface area contributed by atoms with Crippen LogP contribution in [0, 0.1) is 0 Å². The van der Waals surface area contributed by atoms with E-state index in [1.54, 1.807) is 4.90 Å². The number of carbonyl (C=O) groups is 2. The van der Waals surface area contributed by atoms with Crippen molar-refractivity contribution in [3.05, 3.63) is 24.3 Å². The molecular weight excluding hydrogens is 328 g/mol. The molecule has 1 aromatic carbocycles. The Kier molecular flexibility index (Phi) is 5.91. The van der Waals surface area contributed by atoms with Gasteiger partial charge in [0.1, 0.15) is 6.04 Å².